The maximum absolute atomic E-state index is 9.35. The second kappa shape index (κ2) is 5.77. The van der Waals surface area contributed by atoms with Crippen molar-refractivity contribution < 1.29 is 5.11 Å². The molecule has 1 saturated heterocycles. The van der Waals surface area contributed by atoms with Crippen molar-refractivity contribution in [3.05, 3.63) is 41.5 Å². The van der Waals surface area contributed by atoms with Crippen molar-refractivity contribution in [3.63, 3.8) is 0 Å². The predicted octanol–water partition coefficient (Wildman–Crippen LogP) is 2.05. The van der Waals surface area contributed by atoms with Crippen molar-refractivity contribution >= 4 is 5.69 Å². The highest BCUT2D eigenvalue weighted by Crippen LogP contribution is 2.20. The number of rotatable bonds is 3. The molecule has 0 amide bonds. The highest BCUT2D eigenvalue weighted by Gasteiger charge is 2.18. The van der Waals surface area contributed by atoms with E-state index in [9.17, 15) is 5.11 Å². The Balaban J connectivity index is 1.56. The summed E-state index contributed by atoms with van der Waals surface area (Å²) in [5.41, 5.74) is 3.43. The van der Waals surface area contributed by atoms with Crippen molar-refractivity contribution in [1.82, 2.24) is 14.9 Å². The molecule has 1 aromatic heterocycles. The monoisotopic (exact) mass is 286 g/mol. The number of H-pyrrole nitrogens is 1. The Labute approximate surface area is 125 Å². The van der Waals surface area contributed by atoms with Crippen LogP contribution in [0.15, 0.2) is 24.3 Å². The fourth-order valence-electron chi connectivity index (χ4n) is 2.74. The van der Waals surface area contributed by atoms with Crippen LogP contribution in [0.5, 0.6) is 5.75 Å². The highest BCUT2D eigenvalue weighted by molar-refractivity contribution is 5.49. The molecular weight excluding hydrogens is 264 g/mol. The van der Waals surface area contributed by atoms with E-state index in [0.29, 0.717) is 5.75 Å². The molecule has 1 aromatic carbocycles. The number of phenolic OH excluding ortho intramolecular Hbond substituents is 1. The Morgan fingerprint density at radius 3 is 2.33 bits per heavy atom. The van der Waals surface area contributed by atoms with E-state index >= 15 is 0 Å². The summed E-state index contributed by atoms with van der Waals surface area (Å²) in [6.45, 7) is 9.05. The number of nitrogens with zero attached hydrogens (tertiary/aromatic N) is 3. The lowest BCUT2D eigenvalue weighted by atomic mass is 10.2. The number of anilines is 1. The zero-order valence-electron chi connectivity index (χ0n) is 12.6. The number of nitrogens with one attached hydrogen (secondary N) is 1. The van der Waals surface area contributed by atoms with Gasteiger partial charge in [-0.2, -0.15) is 0 Å². The molecule has 0 saturated carbocycles. The normalized spacial score (nSPS) is 16.4. The molecule has 0 atom stereocenters. The summed E-state index contributed by atoms with van der Waals surface area (Å²) in [4.78, 5) is 12.7. The molecule has 0 bridgehead atoms. The van der Waals surface area contributed by atoms with E-state index in [1.54, 1.807) is 12.1 Å². The van der Waals surface area contributed by atoms with E-state index in [2.05, 4.69) is 26.7 Å². The number of benzene rings is 1. The average molecular weight is 286 g/mol. The van der Waals surface area contributed by atoms with Gasteiger partial charge in [-0.25, -0.2) is 4.98 Å². The number of hydrogen-bond donors (Lipinski definition) is 2. The van der Waals surface area contributed by atoms with Gasteiger partial charge in [0.2, 0.25) is 0 Å². The first-order valence-electron chi connectivity index (χ1n) is 7.40. The first kappa shape index (κ1) is 13.9. The molecule has 1 aliphatic heterocycles. The van der Waals surface area contributed by atoms with Gasteiger partial charge in [-0.3, -0.25) is 4.90 Å². The molecular formula is C16H22N4O. The number of aryl methyl sites for hydroxylation is 2. The zero-order valence-corrected chi connectivity index (χ0v) is 12.6. The third kappa shape index (κ3) is 3.19. The standard InChI is InChI=1S/C16H22N4O/c1-12-13(2)18-16(17-12)11-19-7-9-20(10-8-19)14-3-5-15(21)6-4-14/h3-6,21H,7-11H2,1-2H3,(H,17,18). The van der Waals surface area contributed by atoms with Crippen LogP contribution in [-0.4, -0.2) is 46.2 Å². The number of aromatic hydroxyl groups is 1. The maximum atomic E-state index is 9.35. The minimum absolute atomic E-state index is 0.320. The van der Waals surface area contributed by atoms with Crippen LogP contribution in [0.3, 0.4) is 0 Å². The van der Waals surface area contributed by atoms with Crippen molar-refractivity contribution in [2.45, 2.75) is 20.4 Å². The molecule has 0 spiro atoms. The summed E-state index contributed by atoms with van der Waals surface area (Å²) in [5.74, 6) is 1.38. The summed E-state index contributed by atoms with van der Waals surface area (Å²) < 4.78 is 0. The number of piperazine rings is 1. The molecule has 5 heteroatoms. The molecule has 5 nitrogen and oxygen atoms in total. The number of imidazole rings is 1. The number of hydrogen-bond acceptors (Lipinski definition) is 4. The number of aromatic amines is 1. The minimum atomic E-state index is 0.320. The van der Waals surface area contributed by atoms with E-state index in [4.69, 9.17) is 0 Å². The zero-order chi connectivity index (χ0) is 14.8. The molecule has 2 heterocycles. The van der Waals surface area contributed by atoms with E-state index < -0.39 is 0 Å². The molecule has 0 unspecified atom stereocenters. The van der Waals surface area contributed by atoms with Gasteiger partial charge in [0.25, 0.3) is 0 Å². The van der Waals surface area contributed by atoms with Crippen molar-refractivity contribution in [2.24, 2.45) is 0 Å². The average Bonchev–Trinajstić information content (AvgIpc) is 2.79. The van der Waals surface area contributed by atoms with E-state index in [0.717, 1.165) is 49.9 Å². The summed E-state index contributed by atoms with van der Waals surface area (Å²) in [6.07, 6.45) is 0. The van der Waals surface area contributed by atoms with Crippen LogP contribution in [0.1, 0.15) is 17.2 Å². The molecule has 21 heavy (non-hydrogen) atoms. The molecule has 112 valence electrons. The summed E-state index contributed by atoms with van der Waals surface area (Å²) in [7, 11) is 0. The second-order valence-corrected chi connectivity index (χ2v) is 5.67. The van der Waals surface area contributed by atoms with Crippen LogP contribution in [-0.2, 0) is 6.54 Å². The quantitative estimate of drug-likeness (QED) is 0.907. The van der Waals surface area contributed by atoms with Gasteiger partial charge in [0, 0.05) is 37.6 Å². The van der Waals surface area contributed by atoms with Crippen LogP contribution in [0, 0.1) is 13.8 Å². The summed E-state index contributed by atoms with van der Waals surface area (Å²) >= 11 is 0. The topological polar surface area (TPSA) is 55.4 Å². The van der Waals surface area contributed by atoms with Gasteiger partial charge in [0.1, 0.15) is 11.6 Å². The minimum Gasteiger partial charge on any atom is -0.508 e. The van der Waals surface area contributed by atoms with Gasteiger partial charge < -0.3 is 15.0 Å². The molecule has 2 aromatic rings. The Bertz CT molecular complexity index is 578. The van der Waals surface area contributed by atoms with Crippen LogP contribution in [0.2, 0.25) is 0 Å². The lowest BCUT2D eigenvalue weighted by Gasteiger charge is -2.35. The van der Waals surface area contributed by atoms with Gasteiger partial charge in [-0.05, 0) is 38.1 Å². The summed E-state index contributed by atoms with van der Waals surface area (Å²) in [5, 5.41) is 9.35. The molecule has 1 aliphatic rings. The molecule has 2 N–H and O–H groups in total. The van der Waals surface area contributed by atoms with Crippen LogP contribution in [0.25, 0.3) is 0 Å². The largest absolute Gasteiger partial charge is 0.508 e. The Morgan fingerprint density at radius 2 is 1.76 bits per heavy atom. The van der Waals surface area contributed by atoms with Crippen LogP contribution < -0.4 is 4.90 Å². The van der Waals surface area contributed by atoms with Crippen molar-refractivity contribution in [2.75, 3.05) is 31.1 Å². The van der Waals surface area contributed by atoms with Crippen molar-refractivity contribution in [1.29, 1.82) is 0 Å². The van der Waals surface area contributed by atoms with Crippen LogP contribution in [0.4, 0.5) is 5.69 Å². The van der Waals surface area contributed by atoms with Gasteiger partial charge in [-0.15, -0.1) is 0 Å². The van der Waals surface area contributed by atoms with Gasteiger partial charge in [0.05, 0.1) is 12.2 Å². The van der Waals surface area contributed by atoms with E-state index in [1.807, 2.05) is 19.1 Å². The molecule has 3 rings (SSSR count). The first-order chi connectivity index (χ1) is 10.1. The van der Waals surface area contributed by atoms with Gasteiger partial charge >= 0.3 is 0 Å². The van der Waals surface area contributed by atoms with Gasteiger partial charge in [-0.1, -0.05) is 0 Å². The highest BCUT2D eigenvalue weighted by atomic mass is 16.3. The Kier molecular flexibility index (Phi) is 3.84. The number of aromatic nitrogens is 2. The molecule has 1 fully saturated rings. The van der Waals surface area contributed by atoms with Crippen LogP contribution >= 0.6 is 0 Å². The Hall–Kier alpha value is -2.01. The Morgan fingerprint density at radius 1 is 1.10 bits per heavy atom. The second-order valence-electron chi connectivity index (χ2n) is 5.67. The van der Waals surface area contributed by atoms with E-state index in [1.165, 1.54) is 5.69 Å². The third-order valence-corrected chi connectivity index (χ3v) is 4.14. The van der Waals surface area contributed by atoms with Crippen molar-refractivity contribution in [3.8, 4) is 5.75 Å². The fourth-order valence-corrected chi connectivity index (χ4v) is 2.74. The molecule has 0 radical (unpaired) electrons. The predicted molar refractivity (Wildman–Crippen MR) is 83.7 cm³/mol. The lowest BCUT2D eigenvalue weighted by Crippen LogP contribution is -2.46. The fraction of sp³-hybridized carbons (Fsp3) is 0.438. The third-order valence-electron chi connectivity index (χ3n) is 4.14. The van der Waals surface area contributed by atoms with E-state index in [-0.39, 0.29) is 0 Å². The maximum Gasteiger partial charge on any atom is 0.120 e. The SMILES string of the molecule is Cc1nc(CN2CCN(c3ccc(O)cc3)CC2)[nH]c1C. The van der Waals surface area contributed by atoms with Gasteiger partial charge in [0.15, 0.2) is 0 Å². The summed E-state index contributed by atoms with van der Waals surface area (Å²) in [6, 6.07) is 7.45. The lowest BCUT2D eigenvalue weighted by molar-refractivity contribution is 0.244. The first-order valence-corrected chi connectivity index (χ1v) is 7.40. The molecule has 0 aliphatic carbocycles. The number of phenols is 1. The smallest absolute Gasteiger partial charge is 0.120 e.